The molecule has 0 unspecified atom stereocenters. The maximum atomic E-state index is 10.3. The average molecular weight is 280 g/mol. The van der Waals surface area contributed by atoms with Crippen molar-refractivity contribution in [3.63, 3.8) is 0 Å². The standard InChI is InChI=1S/C10H9N.C7H7NO2/c11-10-7-3-5-8-4-1-2-6-9(8)10;8-6-3-1-2-5(4-6)7(9)10/h1-7H,11H2;1-4H,8H2,(H,9,10). The van der Waals surface area contributed by atoms with E-state index in [1.807, 2.05) is 30.3 Å². The van der Waals surface area contributed by atoms with Gasteiger partial charge in [-0.3, -0.25) is 0 Å². The molecule has 0 atom stereocenters. The molecule has 21 heavy (non-hydrogen) atoms. The quantitative estimate of drug-likeness (QED) is 0.596. The van der Waals surface area contributed by atoms with E-state index in [9.17, 15) is 4.79 Å². The summed E-state index contributed by atoms with van der Waals surface area (Å²) < 4.78 is 0. The highest BCUT2D eigenvalue weighted by Gasteiger charge is 1.99. The van der Waals surface area contributed by atoms with Crippen LogP contribution in [-0.2, 0) is 0 Å². The first kappa shape index (κ1) is 14.4. The van der Waals surface area contributed by atoms with Gasteiger partial charge in [-0.05, 0) is 29.7 Å². The molecule has 0 spiro atoms. The lowest BCUT2D eigenvalue weighted by Gasteiger charge is -1.98. The first-order chi connectivity index (χ1) is 10.1. The molecule has 0 radical (unpaired) electrons. The Kier molecular flexibility index (Phi) is 4.41. The number of nitrogen functional groups attached to an aromatic ring is 2. The van der Waals surface area contributed by atoms with Crippen LogP contribution in [0.2, 0.25) is 0 Å². The van der Waals surface area contributed by atoms with E-state index in [1.54, 1.807) is 12.1 Å². The SMILES string of the molecule is Nc1cccc(C(=O)O)c1.Nc1cccc2ccccc12. The molecule has 3 aromatic rings. The number of hydrogen-bond acceptors (Lipinski definition) is 3. The van der Waals surface area contributed by atoms with E-state index in [-0.39, 0.29) is 5.56 Å². The van der Waals surface area contributed by atoms with Gasteiger partial charge in [-0.2, -0.15) is 0 Å². The zero-order valence-corrected chi connectivity index (χ0v) is 11.4. The molecule has 4 nitrogen and oxygen atoms in total. The summed E-state index contributed by atoms with van der Waals surface area (Å²) in [7, 11) is 0. The molecule has 4 heteroatoms. The van der Waals surface area contributed by atoms with Gasteiger partial charge in [-0.1, -0.05) is 42.5 Å². The van der Waals surface area contributed by atoms with Crippen LogP contribution in [0.25, 0.3) is 10.8 Å². The van der Waals surface area contributed by atoms with Crippen LogP contribution in [0.5, 0.6) is 0 Å². The number of anilines is 2. The Balaban J connectivity index is 0.000000155. The highest BCUT2D eigenvalue weighted by atomic mass is 16.4. The molecular formula is C17H16N2O2. The van der Waals surface area contributed by atoms with Gasteiger partial charge in [-0.15, -0.1) is 0 Å². The summed E-state index contributed by atoms with van der Waals surface area (Å²) in [5, 5.41) is 10.8. The Morgan fingerprint density at radius 3 is 2.14 bits per heavy atom. The fourth-order valence-electron chi connectivity index (χ4n) is 1.92. The van der Waals surface area contributed by atoms with Crippen LogP contribution in [0.4, 0.5) is 11.4 Å². The second-order valence-electron chi connectivity index (χ2n) is 4.50. The van der Waals surface area contributed by atoms with Crippen molar-refractivity contribution in [3.8, 4) is 0 Å². The fourth-order valence-corrected chi connectivity index (χ4v) is 1.92. The molecule has 0 amide bonds. The van der Waals surface area contributed by atoms with Crippen molar-refractivity contribution in [1.29, 1.82) is 0 Å². The highest BCUT2D eigenvalue weighted by Crippen LogP contribution is 2.19. The molecule has 0 saturated carbocycles. The number of carboxylic acid groups (broad SMARTS) is 1. The van der Waals surface area contributed by atoms with Gasteiger partial charge < -0.3 is 16.6 Å². The Morgan fingerprint density at radius 2 is 1.52 bits per heavy atom. The number of nitrogens with two attached hydrogens (primary N) is 2. The highest BCUT2D eigenvalue weighted by molar-refractivity contribution is 5.92. The summed E-state index contributed by atoms with van der Waals surface area (Å²) in [4.78, 5) is 10.3. The molecule has 0 fully saturated rings. The van der Waals surface area contributed by atoms with E-state index in [0.717, 1.165) is 11.1 Å². The third-order valence-corrected chi connectivity index (χ3v) is 2.96. The molecular weight excluding hydrogens is 264 g/mol. The number of benzene rings is 3. The normalized spacial score (nSPS) is 9.71. The summed E-state index contributed by atoms with van der Waals surface area (Å²) in [6.07, 6.45) is 0. The van der Waals surface area contributed by atoms with Gasteiger partial charge >= 0.3 is 5.97 Å². The van der Waals surface area contributed by atoms with E-state index >= 15 is 0 Å². The monoisotopic (exact) mass is 280 g/mol. The minimum absolute atomic E-state index is 0.222. The zero-order chi connectivity index (χ0) is 15.2. The Labute approximate surface area is 122 Å². The number of carbonyl (C=O) groups is 1. The largest absolute Gasteiger partial charge is 0.478 e. The molecule has 3 rings (SSSR count). The summed E-state index contributed by atoms with van der Waals surface area (Å²) >= 11 is 0. The van der Waals surface area contributed by atoms with Gasteiger partial charge in [0.1, 0.15) is 0 Å². The van der Waals surface area contributed by atoms with Crippen LogP contribution in [-0.4, -0.2) is 11.1 Å². The molecule has 5 N–H and O–H groups in total. The molecule has 0 aliphatic carbocycles. The number of carboxylic acids is 1. The fraction of sp³-hybridized carbons (Fsp3) is 0. The first-order valence-electron chi connectivity index (χ1n) is 6.40. The van der Waals surface area contributed by atoms with E-state index in [1.165, 1.54) is 17.5 Å². The Hall–Kier alpha value is -3.01. The van der Waals surface area contributed by atoms with Crippen molar-refractivity contribution in [1.82, 2.24) is 0 Å². The number of aromatic carboxylic acids is 1. The van der Waals surface area contributed by atoms with Crippen molar-refractivity contribution >= 4 is 28.1 Å². The first-order valence-corrected chi connectivity index (χ1v) is 6.40. The third-order valence-electron chi connectivity index (χ3n) is 2.96. The van der Waals surface area contributed by atoms with Crippen LogP contribution >= 0.6 is 0 Å². The summed E-state index contributed by atoms with van der Waals surface area (Å²) in [5.41, 5.74) is 12.6. The smallest absolute Gasteiger partial charge is 0.335 e. The molecule has 0 aromatic heterocycles. The Bertz CT molecular complexity index is 764. The molecule has 0 heterocycles. The molecule has 0 bridgehead atoms. The second kappa shape index (κ2) is 6.43. The van der Waals surface area contributed by atoms with Crippen molar-refractivity contribution in [2.24, 2.45) is 0 Å². The van der Waals surface area contributed by atoms with Gasteiger partial charge in [0.05, 0.1) is 5.56 Å². The third kappa shape index (κ3) is 3.73. The lowest BCUT2D eigenvalue weighted by molar-refractivity contribution is 0.0697. The van der Waals surface area contributed by atoms with Crippen molar-refractivity contribution in [2.75, 3.05) is 11.5 Å². The van der Waals surface area contributed by atoms with Crippen LogP contribution in [0, 0.1) is 0 Å². The summed E-state index contributed by atoms with van der Waals surface area (Å²) in [5.74, 6) is -0.952. The number of fused-ring (bicyclic) bond motifs is 1. The molecule has 3 aromatic carbocycles. The molecule has 0 aliphatic heterocycles. The van der Waals surface area contributed by atoms with Gasteiger partial charge in [0.2, 0.25) is 0 Å². The van der Waals surface area contributed by atoms with Crippen LogP contribution < -0.4 is 11.5 Å². The topological polar surface area (TPSA) is 89.3 Å². The Morgan fingerprint density at radius 1 is 0.857 bits per heavy atom. The molecule has 0 aliphatic rings. The van der Waals surface area contributed by atoms with Crippen molar-refractivity contribution in [2.45, 2.75) is 0 Å². The lowest BCUT2D eigenvalue weighted by Crippen LogP contribution is -1.96. The number of rotatable bonds is 1. The maximum Gasteiger partial charge on any atom is 0.335 e. The van der Waals surface area contributed by atoms with E-state index in [0.29, 0.717) is 5.69 Å². The van der Waals surface area contributed by atoms with E-state index in [4.69, 9.17) is 16.6 Å². The van der Waals surface area contributed by atoms with E-state index in [2.05, 4.69) is 12.1 Å². The van der Waals surface area contributed by atoms with Crippen LogP contribution in [0.15, 0.2) is 66.7 Å². The van der Waals surface area contributed by atoms with Gasteiger partial charge in [0.25, 0.3) is 0 Å². The molecule has 0 saturated heterocycles. The van der Waals surface area contributed by atoms with Crippen molar-refractivity contribution < 1.29 is 9.90 Å². The van der Waals surface area contributed by atoms with Gasteiger partial charge in [0, 0.05) is 16.8 Å². The van der Waals surface area contributed by atoms with Gasteiger partial charge in [-0.25, -0.2) is 4.79 Å². The number of hydrogen-bond donors (Lipinski definition) is 3. The predicted molar refractivity (Wildman–Crippen MR) is 86.2 cm³/mol. The zero-order valence-electron chi connectivity index (χ0n) is 11.4. The summed E-state index contributed by atoms with van der Waals surface area (Å²) in [6.45, 7) is 0. The molecule has 106 valence electrons. The minimum Gasteiger partial charge on any atom is -0.478 e. The van der Waals surface area contributed by atoms with E-state index < -0.39 is 5.97 Å². The van der Waals surface area contributed by atoms with Crippen molar-refractivity contribution in [3.05, 3.63) is 72.3 Å². The van der Waals surface area contributed by atoms with Gasteiger partial charge in [0.15, 0.2) is 0 Å². The predicted octanol–water partition coefficient (Wildman–Crippen LogP) is 3.39. The van der Waals surface area contributed by atoms with Crippen LogP contribution in [0.1, 0.15) is 10.4 Å². The van der Waals surface area contributed by atoms with Crippen LogP contribution in [0.3, 0.4) is 0 Å². The lowest BCUT2D eigenvalue weighted by atomic mass is 10.1. The average Bonchev–Trinajstić information content (AvgIpc) is 2.48. The summed E-state index contributed by atoms with van der Waals surface area (Å²) in [6, 6.07) is 20.2. The second-order valence-corrected chi connectivity index (χ2v) is 4.50. The maximum absolute atomic E-state index is 10.3. The minimum atomic E-state index is -0.952.